The Labute approximate surface area is 139 Å². The van der Waals surface area contributed by atoms with Crippen molar-refractivity contribution in [1.29, 1.82) is 0 Å². The van der Waals surface area contributed by atoms with E-state index in [9.17, 15) is 5.11 Å². The van der Waals surface area contributed by atoms with Gasteiger partial charge in [-0.1, -0.05) is 6.07 Å². The number of aromatic hydroxyl groups is 1. The average Bonchev–Trinajstić information content (AvgIpc) is 3.36. The van der Waals surface area contributed by atoms with Gasteiger partial charge in [-0.15, -0.1) is 0 Å². The molecule has 0 spiro atoms. The lowest BCUT2D eigenvalue weighted by molar-refractivity contribution is 0.471. The summed E-state index contributed by atoms with van der Waals surface area (Å²) in [5.74, 6) is 1.44. The second-order valence-electron chi connectivity index (χ2n) is 6.33. The highest BCUT2D eigenvalue weighted by Crippen LogP contribution is 2.37. The molecule has 0 saturated heterocycles. The van der Waals surface area contributed by atoms with Crippen molar-refractivity contribution in [2.75, 3.05) is 11.1 Å². The fourth-order valence-electron chi connectivity index (χ4n) is 2.97. The number of rotatable bonds is 3. The number of hydrogen-bond acceptors (Lipinski definition) is 6. The summed E-state index contributed by atoms with van der Waals surface area (Å²) in [7, 11) is 0. The van der Waals surface area contributed by atoms with Crippen molar-refractivity contribution >= 4 is 22.5 Å². The number of phenols is 1. The lowest BCUT2D eigenvalue weighted by Gasteiger charge is -2.15. The van der Waals surface area contributed by atoms with Crippen molar-refractivity contribution in [3.63, 3.8) is 0 Å². The maximum Gasteiger partial charge on any atom is 0.134 e. The fraction of sp³-hybridized carbons (Fsp3) is 0.278. The molecule has 6 nitrogen and oxygen atoms in total. The number of anilines is 2. The predicted octanol–water partition coefficient (Wildman–Crippen LogP) is 3.17. The van der Waals surface area contributed by atoms with Gasteiger partial charge in [0.15, 0.2) is 0 Å². The van der Waals surface area contributed by atoms with Crippen LogP contribution in [0.4, 0.5) is 11.6 Å². The van der Waals surface area contributed by atoms with E-state index in [4.69, 9.17) is 10.7 Å². The highest BCUT2D eigenvalue weighted by Gasteiger charge is 2.23. The van der Waals surface area contributed by atoms with Gasteiger partial charge < -0.3 is 16.2 Å². The minimum atomic E-state index is 0.244. The number of nitrogen functional groups attached to an aromatic ring is 1. The second kappa shape index (κ2) is 5.33. The molecule has 0 unspecified atom stereocenters. The van der Waals surface area contributed by atoms with Crippen LogP contribution < -0.4 is 11.1 Å². The van der Waals surface area contributed by atoms with E-state index in [2.05, 4.69) is 15.3 Å². The molecule has 6 heteroatoms. The summed E-state index contributed by atoms with van der Waals surface area (Å²) >= 11 is 0. The number of benzene rings is 1. The summed E-state index contributed by atoms with van der Waals surface area (Å²) in [5, 5.41) is 14.3. The van der Waals surface area contributed by atoms with Gasteiger partial charge in [-0.05, 0) is 44.4 Å². The molecule has 1 saturated carbocycles. The Morgan fingerprint density at radius 1 is 1.21 bits per heavy atom. The Bertz CT molecular complexity index is 950. The first-order chi connectivity index (χ1) is 11.5. The predicted molar refractivity (Wildman–Crippen MR) is 95.0 cm³/mol. The monoisotopic (exact) mass is 321 g/mol. The summed E-state index contributed by atoms with van der Waals surface area (Å²) < 4.78 is 0. The van der Waals surface area contributed by atoms with Gasteiger partial charge in [-0.2, -0.15) is 0 Å². The van der Waals surface area contributed by atoms with E-state index in [1.807, 2.05) is 26.0 Å². The third kappa shape index (κ3) is 2.40. The first-order valence-corrected chi connectivity index (χ1v) is 8.02. The molecule has 0 radical (unpaired) electrons. The van der Waals surface area contributed by atoms with Crippen LogP contribution in [0.25, 0.3) is 22.2 Å². The molecule has 2 aromatic heterocycles. The molecule has 122 valence electrons. The van der Waals surface area contributed by atoms with E-state index in [0.717, 1.165) is 46.4 Å². The van der Waals surface area contributed by atoms with Gasteiger partial charge in [0.05, 0.1) is 5.69 Å². The van der Waals surface area contributed by atoms with Gasteiger partial charge in [0.1, 0.15) is 29.2 Å². The lowest BCUT2D eigenvalue weighted by Crippen LogP contribution is -2.06. The molecule has 1 aromatic carbocycles. The van der Waals surface area contributed by atoms with Gasteiger partial charge in [0.25, 0.3) is 0 Å². The number of hydrogen-bond donors (Lipinski definition) is 3. The average molecular weight is 321 g/mol. The number of aromatic nitrogens is 3. The van der Waals surface area contributed by atoms with E-state index in [-0.39, 0.29) is 5.75 Å². The largest absolute Gasteiger partial charge is 0.508 e. The van der Waals surface area contributed by atoms with Crippen molar-refractivity contribution in [2.45, 2.75) is 32.7 Å². The number of phenolic OH excluding ortho intramolecular Hbond substituents is 1. The van der Waals surface area contributed by atoms with Crippen LogP contribution in [-0.4, -0.2) is 26.1 Å². The van der Waals surface area contributed by atoms with Gasteiger partial charge in [0, 0.05) is 22.6 Å². The molecular formula is C18H19N5O. The second-order valence-corrected chi connectivity index (χ2v) is 6.33. The van der Waals surface area contributed by atoms with E-state index in [0.29, 0.717) is 17.4 Å². The normalized spacial score (nSPS) is 14.1. The van der Waals surface area contributed by atoms with Crippen molar-refractivity contribution in [3.05, 3.63) is 35.7 Å². The zero-order valence-electron chi connectivity index (χ0n) is 13.7. The van der Waals surface area contributed by atoms with Gasteiger partial charge in [-0.25, -0.2) is 15.0 Å². The Morgan fingerprint density at radius 3 is 2.75 bits per heavy atom. The van der Waals surface area contributed by atoms with Crippen LogP contribution in [-0.2, 0) is 0 Å². The SMILES string of the molecule is Cc1ccc(O)c(C)c1-c1nc(NC2CC2)cc2c(N)ncnc12. The zero-order valence-corrected chi connectivity index (χ0v) is 13.7. The molecule has 3 aromatic rings. The summed E-state index contributed by atoms with van der Waals surface area (Å²) in [4.78, 5) is 13.3. The van der Waals surface area contributed by atoms with E-state index < -0.39 is 0 Å². The lowest BCUT2D eigenvalue weighted by atomic mass is 9.97. The van der Waals surface area contributed by atoms with Gasteiger partial charge in [0.2, 0.25) is 0 Å². The van der Waals surface area contributed by atoms with Crippen molar-refractivity contribution in [1.82, 2.24) is 15.0 Å². The molecular weight excluding hydrogens is 302 g/mol. The van der Waals surface area contributed by atoms with Crippen LogP contribution in [0.3, 0.4) is 0 Å². The summed E-state index contributed by atoms with van der Waals surface area (Å²) in [6.45, 7) is 3.89. The molecule has 0 aliphatic heterocycles. The molecule has 1 aliphatic rings. The molecule has 4 N–H and O–H groups in total. The molecule has 2 heterocycles. The number of fused-ring (bicyclic) bond motifs is 1. The van der Waals surface area contributed by atoms with Crippen LogP contribution in [0, 0.1) is 13.8 Å². The highest BCUT2D eigenvalue weighted by atomic mass is 16.3. The van der Waals surface area contributed by atoms with Crippen LogP contribution in [0.5, 0.6) is 5.75 Å². The number of nitrogens with two attached hydrogens (primary N) is 1. The van der Waals surface area contributed by atoms with Gasteiger partial charge in [-0.3, -0.25) is 0 Å². The molecule has 0 amide bonds. The summed E-state index contributed by atoms with van der Waals surface area (Å²) in [6, 6.07) is 5.96. The minimum absolute atomic E-state index is 0.244. The van der Waals surface area contributed by atoms with Crippen LogP contribution in [0.2, 0.25) is 0 Å². The Balaban J connectivity index is 2.03. The first-order valence-electron chi connectivity index (χ1n) is 8.02. The van der Waals surface area contributed by atoms with Gasteiger partial charge >= 0.3 is 0 Å². The Hall–Kier alpha value is -2.89. The quantitative estimate of drug-likeness (QED) is 0.685. The number of nitrogens with zero attached hydrogens (tertiary/aromatic N) is 3. The van der Waals surface area contributed by atoms with Crippen LogP contribution in [0.15, 0.2) is 24.5 Å². The Morgan fingerprint density at radius 2 is 2.00 bits per heavy atom. The van der Waals surface area contributed by atoms with Crippen molar-refractivity contribution in [3.8, 4) is 17.0 Å². The third-order valence-electron chi connectivity index (χ3n) is 4.46. The van der Waals surface area contributed by atoms with Crippen molar-refractivity contribution < 1.29 is 5.11 Å². The third-order valence-corrected chi connectivity index (χ3v) is 4.46. The van der Waals surface area contributed by atoms with Crippen molar-refractivity contribution in [2.24, 2.45) is 0 Å². The standard InChI is InChI=1S/C18H19N5O/c1-9-3-6-13(24)10(2)15(9)17-16-12(18(19)21-8-20-16)7-14(23-17)22-11-4-5-11/h3,6-8,11,24H,4-5H2,1-2H3,(H,22,23)(H2,19,20,21). The smallest absolute Gasteiger partial charge is 0.134 e. The number of aryl methyl sites for hydroxylation is 1. The number of nitrogens with one attached hydrogen (secondary N) is 1. The molecule has 4 rings (SSSR count). The Kier molecular flexibility index (Phi) is 3.26. The molecule has 1 fully saturated rings. The van der Waals surface area contributed by atoms with E-state index in [1.54, 1.807) is 6.07 Å². The highest BCUT2D eigenvalue weighted by molar-refractivity contribution is 5.99. The maximum absolute atomic E-state index is 10.1. The number of pyridine rings is 1. The van der Waals surface area contributed by atoms with Crippen LogP contribution in [0.1, 0.15) is 24.0 Å². The van der Waals surface area contributed by atoms with Crippen LogP contribution >= 0.6 is 0 Å². The maximum atomic E-state index is 10.1. The first kappa shape index (κ1) is 14.7. The minimum Gasteiger partial charge on any atom is -0.508 e. The molecule has 0 bridgehead atoms. The zero-order chi connectivity index (χ0) is 16.8. The summed E-state index contributed by atoms with van der Waals surface area (Å²) in [5.41, 5.74) is 10.2. The molecule has 24 heavy (non-hydrogen) atoms. The van der Waals surface area contributed by atoms with E-state index in [1.165, 1.54) is 6.33 Å². The molecule has 0 atom stereocenters. The topological polar surface area (TPSA) is 97.0 Å². The van der Waals surface area contributed by atoms with E-state index >= 15 is 0 Å². The summed E-state index contributed by atoms with van der Waals surface area (Å²) in [6.07, 6.45) is 3.75. The molecule has 1 aliphatic carbocycles. The fourth-order valence-corrected chi connectivity index (χ4v) is 2.97.